The Morgan fingerprint density at radius 2 is 1.81 bits per heavy atom. The van der Waals surface area contributed by atoms with E-state index < -0.39 is 4.92 Å². The summed E-state index contributed by atoms with van der Waals surface area (Å²) in [6.45, 7) is 4.07. The molecule has 0 atom stereocenters. The van der Waals surface area contributed by atoms with Crippen LogP contribution >= 0.6 is 0 Å². The van der Waals surface area contributed by atoms with E-state index in [2.05, 4.69) is 16.0 Å². The first-order valence-corrected chi connectivity index (χ1v) is 9.58. The Morgan fingerprint density at radius 1 is 1.06 bits per heavy atom. The van der Waals surface area contributed by atoms with Crippen molar-refractivity contribution < 1.29 is 18.8 Å². The van der Waals surface area contributed by atoms with Gasteiger partial charge in [-0.15, -0.1) is 0 Å². The van der Waals surface area contributed by atoms with Crippen LogP contribution in [0.25, 0.3) is 22.6 Å². The van der Waals surface area contributed by atoms with Gasteiger partial charge in [0, 0.05) is 11.8 Å². The number of ether oxygens (including phenoxy) is 2. The predicted octanol–water partition coefficient (Wildman–Crippen LogP) is 5.50. The van der Waals surface area contributed by atoms with Gasteiger partial charge in [-0.3, -0.25) is 15.1 Å². The van der Waals surface area contributed by atoms with Crippen LogP contribution in [-0.4, -0.2) is 22.9 Å². The zero-order chi connectivity index (χ0) is 21.5. The Bertz CT molecular complexity index is 1360. The second kappa shape index (κ2) is 7.24. The molecule has 8 heteroatoms. The maximum absolute atomic E-state index is 11.4. The number of rotatable bonds is 4. The molecule has 0 aliphatic carbocycles. The molecule has 4 aromatic rings. The van der Waals surface area contributed by atoms with Crippen molar-refractivity contribution in [2.45, 2.75) is 13.8 Å². The van der Waals surface area contributed by atoms with Crippen molar-refractivity contribution in [1.29, 1.82) is 0 Å². The molecule has 5 rings (SSSR count). The highest BCUT2D eigenvalue weighted by Crippen LogP contribution is 2.37. The van der Waals surface area contributed by atoms with E-state index in [1.165, 1.54) is 12.3 Å². The molecule has 0 spiro atoms. The number of nitro benzene ring substituents is 1. The Balaban J connectivity index is 1.43. The summed E-state index contributed by atoms with van der Waals surface area (Å²) < 4.78 is 16.5. The SMILES string of the molecule is Cc1cc(C)c2oc(-c3ccc(N=Cc4cc5c(cc4[N+](=O)[O-])OCO5)cc3)nc2c1. The Morgan fingerprint density at radius 3 is 2.55 bits per heavy atom. The number of benzene rings is 3. The molecular weight excluding hydrogens is 398 g/mol. The largest absolute Gasteiger partial charge is 0.454 e. The molecule has 0 saturated heterocycles. The van der Waals surface area contributed by atoms with Crippen LogP contribution < -0.4 is 9.47 Å². The second-order valence-electron chi connectivity index (χ2n) is 7.28. The van der Waals surface area contributed by atoms with Crippen molar-refractivity contribution in [3.05, 3.63) is 75.3 Å². The van der Waals surface area contributed by atoms with Crippen molar-refractivity contribution in [2.24, 2.45) is 4.99 Å². The smallest absolute Gasteiger partial charge is 0.282 e. The minimum Gasteiger partial charge on any atom is -0.454 e. The van der Waals surface area contributed by atoms with Crippen molar-refractivity contribution >= 4 is 28.7 Å². The molecule has 1 aromatic heterocycles. The third kappa shape index (κ3) is 3.48. The van der Waals surface area contributed by atoms with E-state index in [0.29, 0.717) is 28.6 Å². The summed E-state index contributed by atoms with van der Waals surface area (Å²) in [6.07, 6.45) is 1.45. The third-order valence-electron chi connectivity index (χ3n) is 5.01. The van der Waals surface area contributed by atoms with Crippen LogP contribution in [0, 0.1) is 24.0 Å². The van der Waals surface area contributed by atoms with Gasteiger partial charge in [0.05, 0.1) is 22.2 Å². The summed E-state index contributed by atoms with van der Waals surface area (Å²) in [6, 6.07) is 14.3. The van der Waals surface area contributed by atoms with Gasteiger partial charge >= 0.3 is 0 Å². The molecule has 0 amide bonds. The standard InChI is InChI=1S/C23H17N3O5/c1-13-7-14(2)22-18(8-13)25-23(31-22)15-3-5-17(6-4-15)24-11-16-9-20-21(30-12-29-20)10-19(16)26(27)28/h3-11H,12H2,1-2H3. The zero-order valence-electron chi connectivity index (χ0n) is 16.8. The zero-order valence-corrected chi connectivity index (χ0v) is 16.8. The van der Waals surface area contributed by atoms with Gasteiger partial charge in [0.25, 0.3) is 5.69 Å². The Hall–Kier alpha value is -4.20. The van der Waals surface area contributed by atoms with E-state index >= 15 is 0 Å². The predicted molar refractivity (Wildman–Crippen MR) is 115 cm³/mol. The monoisotopic (exact) mass is 415 g/mol. The highest BCUT2D eigenvalue weighted by atomic mass is 16.7. The maximum Gasteiger partial charge on any atom is 0.282 e. The van der Waals surface area contributed by atoms with E-state index in [4.69, 9.17) is 13.9 Å². The summed E-state index contributed by atoms with van der Waals surface area (Å²) in [5.74, 6) is 1.35. The van der Waals surface area contributed by atoms with Gasteiger partial charge in [-0.05, 0) is 61.4 Å². The number of hydrogen-bond donors (Lipinski definition) is 0. The fourth-order valence-electron chi connectivity index (χ4n) is 3.54. The number of nitro groups is 1. The number of oxazole rings is 1. The lowest BCUT2D eigenvalue weighted by atomic mass is 10.1. The summed E-state index contributed by atoms with van der Waals surface area (Å²) in [5.41, 5.74) is 5.47. The summed E-state index contributed by atoms with van der Waals surface area (Å²) >= 11 is 0. The van der Waals surface area contributed by atoms with Gasteiger partial charge in [-0.1, -0.05) is 6.07 Å². The average molecular weight is 415 g/mol. The molecule has 3 aromatic carbocycles. The van der Waals surface area contributed by atoms with Crippen molar-refractivity contribution in [3.8, 4) is 23.0 Å². The van der Waals surface area contributed by atoms with Gasteiger partial charge in [-0.2, -0.15) is 0 Å². The molecule has 0 saturated carbocycles. The van der Waals surface area contributed by atoms with Gasteiger partial charge in [-0.25, -0.2) is 4.98 Å². The first-order valence-electron chi connectivity index (χ1n) is 9.58. The molecular formula is C23H17N3O5. The van der Waals surface area contributed by atoms with Crippen LogP contribution in [0.4, 0.5) is 11.4 Å². The molecule has 0 fully saturated rings. The summed E-state index contributed by atoms with van der Waals surface area (Å²) in [4.78, 5) is 19.9. The number of nitrogens with zero attached hydrogens (tertiary/aromatic N) is 3. The lowest BCUT2D eigenvalue weighted by Crippen LogP contribution is -1.94. The van der Waals surface area contributed by atoms with E-state index in [9.17, 15) is 10.1 Å². The highest BCUT2D eigenvalue weighted by molar-refractivity contribution is 5.89. The quantitative estimate of drug-likeness (QED) is 0.248. The number of aromatic nitrogens is 1. The average Bonchev–Trinajstić information content (AvgIpc) is 3.38. The summed E-state index contributed by atoms with van der Waals surface area (Å²) in [5, 5.41) is 11.4. The lowest BCUT2D eigenvalue weighted by molar-refractivity contribution is -0.385. The fraction of sp³-hybridized carbons (Fsp3) is 0.130. The van der Waals surface area contributed by atoms with Crippen molar-refractivity contribution in [1.82, 2.24) is 4.98 Å². The van der Waals surface area contributed by atoms with Gasteiger partial charge < -0.3 is 13.9 Å². The third-order valence-corrected chi connectivity index (χ3v) is 5.01. The van der Waals surface area contributed by atoms with Crippen LogP contribution in [0.1, 0.15) is 16.7 Å². The van der Waals surface area contributed by atoms with E-state index in [1.807, 2.05) is 32.0 Å². The van der Waals surface area contributed by atoms with E-state index in [1.54, 1.807) is 18.2 Å². The molecule has 0 radical (unpaired) electrons. The minimum absolute atomic E-state index is 0.0451. The van der Waals surface area contributed by atoms with Gasteiger partial charge in [0.2, 0.25) is 12.7 Å². The van der Waals surface area contributed by atoms with Crippen LogP contribution in [0.2, 0.25) is 0 Å². The number of fused-ring (bicyclic) bond motifs is 2. The number of hydrogen-bond acceptors (Lipinski definition) is 7. The molecule has 1 aliphatic heterocycles. The fourth-order valence-corrected chi connectivity index (χ4v) is 3.54. The van der Waals surface area contributed by atoms with Crippen LogP contribution in [-0.2, 0) is 0 Å². The maximum atomic E-state index is 11.4. The molecule has 1 aliphatic rings. The number of aliphatic imine (C=N–C) groups is 1. The highest BCUT2D eigenvalue weighted by Gasteiger charge is 2.22. The first kappa shape index (κ1) is 18.8. The van der Waals surface area contributed by atoms with Gasteiger partial charge in [0.1, 0.15) is 5.52 Å². The normalized spacial score (nSPS) is 12.7. The summed E-state index contributed by atoms with van der Waals surface area (Å²) in [7, 11) is 0. The van der Waals surface area contributed by atoms with Crippen molar-refractivity contribution in [3.63, 3.8) is 0 Å². The first-order chi connectivity index (χ1) is 15.0. The van der Waals surface area contributed by atoms with Crippen LogP contribution in [0.5, 0.6) is 11.5 Å². The minimum atomic E-state index is -0.469. The topological polar surface area (TPSA) is 100.0 Å². The molecule has 154 valence electrons. The molecule has 0 unspecified atom stereocenters. The second-order valence-corrected chi connectivity index (χ2v) is 7.28. The van der Waals surface area contributed by atoms with Crippen LogP contribution in [0.3, 0.4) is 0 Å². The molecule has 8 nitrogen and oxygen atoms in total. The molecule has 0 N–H and O–H groups in total. The Kier molecular flexibility index (Phi) is 4.39. The molecule has 2 heterocycles. The molecule has 0 bridgehead atoms. The number of aryl methyl sites for hydroxylation is 2. The van der Waals surface area contributed by atoms with Crippen molar-refractivity contribution in [2.75, 3.05) is 6.79 Å². The van der Waals surface area contributed by atoms with E-state index in [-0.39, 0.29) is 12.5 Å². The van der Waals surface area contributed by atoms with Gasteiger partial charge in [0.15, 0.2) is 17.1 Å². The lowest BCUT2D eigenvalue weighted by Gasteiger charge is -2.01. The van der Waals surface area contributed by atoms with E-state index in [0.717, 1.165) is 27.8 Å². The van der Waals surface area contributed by atoms with Crippen LogP contribution in [0.15, 0.2) is 57.9 Å². The Labute approximate surface area is 176 Å². The molecule has 31 heavy (non-hydrogen) atoms.